The van der Waals surface area contributed by atoms with Crippen molar-refractivity contribution < 1.29 is 14.7 Å². The van der Waals surface area contributed by atoms with Gasteiger partial charge in [0, 0.05) is 18.5 Å². The number of likely N-dealkylation sites (tertiary alicyclic amines) is 2. The minimum absolute atomic E-state index is 0.00949. The molecule has 1 spiro atoms. The fourth-order valence-corrected chi connectivity index (χ4v) is 5.59. The number of hydrogen-bond acceptors (Lipinski definition) is 3. The molecule has 4 aliphatic rings. The van der Waals surface area contributed by atoms with Gasteiger partial charge in [0.15, 0.2) is 0 Å². The molecule has 1 atom stereocenters. The van der Waals surface area contributed by atoms with Gasteiger partial charge in [-0.3, -0.25) is 9.69 Å². The van der Waals surface area contributed by atoms with Crippen LogP contribution in [0.2, 0.25) is 0 Å². The third-order valence-electron chi connectivity index (χ3n) is 7.41. The molecule has 0 aromatic heterocycles. The predicted molar refractivity (Wildman–Crippen MR) is 101 cm³/mol. The molecule has 2 aliphatic carbocycles. The van der Waals surface area contributed by atoms with Crippen molar-refractivity contribution in [2.24, 2.45) is 11.3 Å². The van der Waals surface area contributed by atoms with Crippen LogP contribution in [0.15, 0.2) is 24.3 Å². The van der Waals surface area contributed by atoms with Crippen molar-refractivity contribution in [2.45, 2.75) is 57.0 Å². The molecule has 3 fully saturated rings. The van der Waals surface area contributed by atoms with Gasteiger partial charge in [0.05, 0.1) is 0 Å². The standard InChI is InChI=1S/C22H28N2O3/c25-20(15-5-6-15)24-14-22(13-19(24)21(26)27)7-9-23(10-8-22)18-11-16-3-1-2-4-17(16)12-18/h1-4,15,18-19H,5-14H2,(H,26,27). The first kappa shape index (κ1) is 17.2. The van der Waals surface area contributed by atoms with Crippen LogP contribution in [0.1, 0.15) is 43.2 Å². The smallest absolute Gasteiger partial charge is 0.326 e. The molecule has 1 aromatic carbocycles. The molecule has 1 aromatic rings. The summed E-state index contributed by atoms with van der Waals surface area (Å²) in [5.41, 5.74) is 2.97. The summed E-state index contributed by atoms with van der Waals surface area (Å²) in [6.07, 6.45) is 6.80. The van der Waals surface area contributed by atoms with Crippen molar-refractivity contribution in [3.05, 3.63) is 35.4 Å². The first-order valence-corrected chi connectivity index (χ1v) is 10.4. The summed E-state index contributed by atoms with van der Waals surface area (Å²) >= 11 is 0. The van der Waals surface area contributed by atoms with Crippen LogP contribution >= 0.6 is 0 Å². The zero-order valence-electron chi connectivity index (χ0n) is 15.8. The van der Waals surface area contributed by atoms with Crippen LogP contribution in [-0.4, -0.2) is 58.5 Å². The zero-order chi connectivity index (χ0) is 18.6. The molecule has 1 N–H and O–H groups in total. The Morgan fingerprint density at radius 2 is 1.67 bits per heavy atom. The first-order chi connectivity index (χ1) is 13.0. The number of benzene rings is 1. The number of carbonyl (C=O) groups excluding carboxylic acids is 1. The van der Waals surface area contributed by atoms with Gasteiger partial charge in [0.1, 0.15) is 6.04 Å². The van der Waals surface area contributed by atoms with E-state index in [4.69, 9.17) is 0 Å². The molecular weight excluding hydrogens is 340 g/mol. The summed E-state index contributed by atoms with van der Waals surface area (Å²) in [6, 6.07) is 8.72. The van der Waals surface area contributed by atoms with E-state index in [1.165, 1.54) is 11.1 Å². The summed E-state index contributed by atoms with van der Waals surface area (Å²) < 4.78 is 0. The number of carboxylic acids is 1. The van der Waals surface area contributed by atoms with Crippen molar-refractivity contribution in [1.29, 1.82) is 0 Å². The molecule has 2 aliphatic heterocycles. The van der Waals surface area contributed by atoms with Crippen LogP contribution in [0.3, 0.4) is 0 Å². The van der Waals surface area contributed by atoms with Crippen molar-refractivity contribution in [2.75, 3.05) is 19.6 Å². The topological polar surface area (TPSA) is 60.9 Å². The molecule has 27 heavy (non-hydrogen) atoms. The van der Waals surface area contributed by atoms with Gasteiger partial charge in [-0.1, -0.05) is 24.3 Å². The van der Waals surface area contributed by atoms with Gasteiger partial charge < -0.3 is 10.0 Å². The lowest BCUT2D eigenvalue weighted by Gasteiger charge is -2.41. The quantitative estimate of drug-likeness (QED) is 0.890. The van der Waals surface area contributed by atoms with Gasteiger partial charge in [-0.2, -0.15) is 0 Å². The second kappa shape index (κ2) is 6.33. The van der Waals surface area contributed by atoms with Crippen LogP contribution in [0.4, 0.5) is 0 Å². The second-order valence-electron chi connectivity index (χ2n) is 9.17. The molecule has 1 saturated carbocycles. The summed E-state index contributed by atoms with van der Waals surface area (Å²) in [5.74, 6) is -0.637. The van der Waals surface area contributed by atoms with Crippen LogP contribution in [-0.2, 0) is 22.4 Å². The van der Waals surface area contributed by atoms with E-state index < -0.39 is 12.0 Å². The molecular formula is C22H28N2O3. The van der Waals surface area contributed by atoms with Gasteiger partial charge in [-0.15, -0.1) is 0 Å². The Morgan fingerprint density at radius 1 is 1.04 bits per heavy atom. The van der Waals surface area contributed by atoms with Crippen LogP contribution in [0.5, 0.6) is 0 Å². The highest BCUT2D eigenvalue weighted by Gasteiger charge is 2.52. The van der Waals surface area contributed by atoms with Gasteiger partial charge in [-0.25, -0.2) is 4.79 Å². The maximum atomic E-state index is 12.6. The largest absolute Gasteiger partial charge is 0.480 e. The molecule has 2 saturated heterocycles. The number of carboxylic acid groups (broad SMARTS) is 1. The number of nitrogens with zero attached hydrogens (tertiary/aromatic N) is 2. The van der Waals surface area contributed by atoms with E-state index in [0.717, 1.165) is 51.6 Å². The van der Waals surface area contributed by atoms with Crippen molar-refractivity contribution in [3.63, 3.8) is 0 Å². The Hall–Kier alpha value is -1.88. The summed E-state index contributed by atoms with van der Waals surface area (Å²) in [7, 11) is 0. The highest BCUT2D eigenvalue weighted by atomic mass is 16.4. The second-order valence-corrected chi connectivity index (χ2v) is 9.17. The Kier molecular flexibility index (Phi) is 4.04. The average molecular weight is 368 g/mol. The number of piperidine rings is 1. The van der Waals surface area contributed by atoms with Gasteiger partial charge in [0.2, 0.25) is 5.91 Å². The molecule has 5 nitrogen and oxygen atoms in total. The Labute approximate surface area is 160 Å². The maximum Gasteiger partial charge on any atom is 0.326 e. The third kappa shape index (κ3) is 3.06. The summed E-state index contributed by atoms with van der Waals surface area (Å²) in [5, 5.41) is 9.67. The van der Waals surface area contributed by atoms with Crippen molar-refractivity contribution in [3.8, 4) is 0 Å². The molecule has 0 radical (unpaired) electrons. The number of fused-ring (bicyclic) bond motifs is 1. The van der Waals surface area contributed by atoms with Gasteiger partial charge in [-0.05, 0) is 74.6 Å². The van der Waals surface area contributed by atoms with Crippen molar-refractivity contribution >= 4 is 11.9 Å². The molecule has 1 unspecified atom stereocenters. The van der Waals surface area contributed by atoms with Gasteiger partial charge >= 0.3 is 5.97 Å². The first-order valence-electron chi connectivity index (χ1n) is 10.4. The lowest BCUT2D eigenvalue weighted by Crippen LogP contribution is -2.47. The third-order valence-corrected chi connectivity index (χ3v) is 7.41. The van der Waals surface area contributed by atoms with Crippen LogP contribution < -0.4 is 0 Å². The Bertz CT molecular complexity index is 740. The number of amides is 1. The minimum atomic E-state index is -0.824. The Balaban J connectivity index is 1.25. The molecule has 5 rings (SSSR count). The Morgan fingerprint density at radius 3 is 2.22 bits per heavy atom. The maximum absolute atomic E-state index is 12.6. The predicted octanol–water partition coefficient (Wildman–Crippen LogP) is 2.33. The van der Waals surface area contributed by atoms with E-state index >= 15 is 0 Å². The summed E-state index contributed by atoms with van der Waals surface area (Å²) in [6.45, 7) is 2.70. The van der Waals surface area contributed by atoms with E-state index in [-0.39, 0.29) is 17.2 Å². The fraction of sp³-hybridized carbons (Fsp3) is 0.636. The summed E-state index contributed by atoms with van der Waals surface area (Å²) in [4.78, 5) is 28.7. The van der Waals surface area contributed by atoms with E-state index in [1.807, 2.05) is 0 Å². The number of carbonyl (C=O) groups is 2. The van der Waals surface area contributed by atoms with E-state index in [0.29, 0.717) is 19.0 Å². The van der Waals surface area contributed by atoms with Crippen LogP contribution in [0, 0.1) is 11.3 Å². The highest BCUT2D eigenvalue weighted by molar-refractivity contribution is 5.87. The SMILES string of the molecule is O=C(O)C1CC2(CCN(C3Cc4ccccc4C3)CC2)CN1C(=O)C1CC1. The van der Waals surface area contributed by atoms with Crippen LogP contribution in [0.25, 0.3) is 0 Å². The zero-order valence-corrected chi connectivity index (χ0v) is 15.8. The lowest BCUT2D eigenvalue weighted by molar-refractivity contribution is -0.148. The highest BCUT2D eigenvalue weighted by Crippen LogP contribution is 2.46. The lowest BCUT2D eigenvalue weighted by atomic mass is 9.76. The molecule has 1 amide bonds. The molecule has 0 bridgehead atoms. The average Bonchev–Trinajstić information content (AvgIpc) is 3.32. The normalized spacial score (nSPS) is 27.9. The molecule has 2 heterocycles. The van der Waals surface area contributed by atoms with Gasteiger partial charge in [0.25, 0.3) is 0 Å². The van der Waals surface area contributed by atoms with E-state index in [1.54, 1.807) is 4.90 Å². The van der Waals surface area contributed by atoms with E-state index in [9.17, 15) is 14.7 Å². The fourth-order valence-electron chi connectivity index (χ4n) is 5.59. The number of aliphatic carboxylic acids is 1. The monoisotopic (exact) mass is 368 g/mol. The molecule has 144 valence electrons. The molecule has 5 heteroatoms. The van der Waals surface area contributed by atoms with E-state index in [2.05, 4.69) is 29.2 Å². The number of rotatable bonds is 3. The van der Waals surface area contributed by atoms with Crippen molar-refractivity contribution in [1.82, 2.24) is 9.80 Å². The number of hydrogen-bond donors (Lipinski definition) is 1. The minimum Gasteiger partial charge on any atom is -0.480 e.